The molecule has 1 unspecified atom stereocenters. The van der Waals surface area contributed by atoms with Crippen molar-refractivity contribution in [3.63, 3.8) is 0 Å². The van der Waals surface area contributed by atoms with Gasteiger partial charge in [-0.3, -0.25) is 4.98 Å². The van der Waals surface area contributed by atoms with Crippen LogP contribution in [-0.4, -0.2) is 40.1 Å². The first-order valence-electron chi connectivity index (χ1n) is 9.99. The van der Waals surface area contributed by atoms with Gasteiger partial charge in [-0.25, -0.2) is 15.0 Å². The SMILES string of the molecule is Cc1ncccc1Oc1cc(Sc2ccccn2)cnc1Nc1nc(C(O)C(C)(C)O)ns1. The second-order valence-corrected chi connectivity index (χ2v) is 9.46. The van der Waals surface area contributed by atoms with Crippen molar-refractivity contribution in [1.29, 1.82) is 0 Å². The molecule has 4 aromatic rings. The summed E-state index contributed by atoms with van der Waals surface area (Å²) in [5.74, 6) is 1.61. The molecular weight excluding hydrogens is 460 g/mol. The van der Waals surface area contributed by atoms with Crippen molar-refractivity contribution in [3.8, 4) is 11.5 Å². The van der Waals surface area contributed by atoms with Crippen molar-refractivity contribution < 1.29 is 14.9 Å². The third-order valence-electron chi connectivity index (χ3n) is 4.45. The minimum atomic E-state index is -1.37. The lowest BCUT2D eigenvalue weighted by Gasteiger charge is -2.21. The molecule has 0 saturated carbocycles. The molecule has 0 fully saturated rings. The molecule has 0 aromatic carbocycles. The molecule has 4 heterocycles. The van der Waals surface area contributed by atoms with E-state index in [4.69, 9.17) is 4.74 Å². The number of nitrogens with zero attached hydrogens (tertiary/aromatic N) is 5. The maximum absolute atomic E-state index is 10.2. The van der Waals surface area contributed by atoms with E-state index in [0.29, 0.717) is 22.4 Å². The number of pyridine rings is 3. The first-order chi connectivity index (χ1) is 15.8. The third kappa shape index (κ3) is 5.82. The second kappa shape index (κ2) is 9.79. The molecule has 0 aliphatic rings. The first kappa shape index (κ1) is 23.1. The smallest absolute Gasteiger partial charge is 0.208 e. The predicted molar refractivity (Wildman–Crippen MR) is 126 cm³/mol. The summed E-state index contributed by atoms with van der Waals surface area (Å²) < 4.78 is 10.3. The van der Waals surface area contributed by atoms with Gasteiger partial charge in [0.1, 0.15) is 16.9 Å². The Kier molecular flexibility index (Phi) is 6.84. The molecule has 170 valence electrons. The van der Waals surface area contributed by atoms with Crippen molar-refractivity contribution in [2.75, 3.05) is 5.32 Å². The summed E-state index contributed by atoms with van der Waals surface area (Å²) in [5.41, 5.74) is -0.634. The molecule has 9 nitrogen and oxygen atoms in total. The van der Waals surface area contributed by atoms with Gasteiger partial charge in [0.05, 0.1) is 11.3 Å². The summed E-state index contributed by atoms with van der Waals surface area (Å²) in [7, 11) is 0. The Balaban J connectivity index is 1.63. The quantitative estimate of drug-likeness (QED) is 0.330. The van der Waals surface area contributed by atoms with Crippen LogP contribution < -0.4 is 10.1 Å². The first-order valence-corrected chi connectivity index (χ1v) is 11.6. The molecule has 4 aromatic heterocycles. The van der Waals surface area contributed by atoms with E-state index in [1.165, 1.54) is 25.6 Å². The maximum atomic E-state index is 10.2. The minimum absolute atomic E-state index is 0.128. The van der Waals surface area contributed by atoms with Gasteiger partial charge >= 0.3 is 0 Å². The topological polar surface area (TPSA) is 126 Å². The molecule has 0 radical (unpaired) electrons. The molecule has 0 bridgehead atoms. The molecule has 4 rings (SSSR count). The standard InChI is InChI=1S/C22H22N6O3S2/c1-13-15(7-6-10-23-13)31-16-11-14(32-17-8-4-5-9-24-17)12-25-19(16)26-21-27-20(28-33-21)18(29)22(2,3)30/h4-12,18,29-30H,1-3H3,(H,25,26,27,28). The number of hydrogen-bond donors (Lipinski definition) is 3. The Morgan fingerprint density at radius 2 is 1.91 bits per heavy atom. The van der Waals surface area contributed by atoms with E-state index < -0.39 is 11.7 Å². The average Bonchev–Trinajstić information content (AvgIpc) is 3.25. The monoisotopic (exact) mass is 482 g/mol. The zero-order chi connectivity index (χ0) is 23.4. The zero-order valence-electron chi connectivity index (χ0n) is 18.1. The average molecular weight is 483 g/mol. The molecule has 0 amide bonds. The second-order valence-electron chi connectivity index (χ2n) is 7.62. The van der Waals surface area contributed by atoms with Gasteiger partial charge in [-0.05, 0) is 45.0 Å². The van der Waals surface area contributed by atoms with Crippen molar-refractivity contribution in [2.45, 2.75) is 42.4 Å². The van der Waals surface area contributed by atoms with Gasteiger partial charge in [0.25, 0.3) is 0 Å². The van der Waals surface area contributed by atoms with Crippen molar-refractivity contribution >= 4 is 34.2 Å². The Bertz CT molecular complexity index is 1230. The normalized spacial score (nSPS) is 12.4. The van der Waals surface area contributed by atoms with Crippen LogP contribution in [0.5, 0.6) is 11.5 Å². The summed E-state index contributed by atoms with van der Waals surface area (Å²) >= 11 is 2.51. The summed E-state index contributed by atoms with van der Waals surface area (Å²) in [4.78, 5) is 18.3. The van der Waals surface area contributed by atoms with Crippen LogP contribution in [0, 0.1) is 6.92 Å². The summed E-state index contributed by atoms with van der Waals surface area (Å²) in [6.07, 6.45) is 3.92. The van der Waals surface area contributed by atoms with Gasteiger partial charge in [-0.15, -0.1) is 0 Å². The largest absolute Gasteiger partial charge is 0.452 e. The van der Waals surface area contributed by atoms with E-state index >= 15 is 0 Å². The number of aliphatic hydroxyl groups excluding tert-OH is 1. The Hall–Kier alpha value is -3.12. The van der Waals surface area contributed by atoms with Gasteiger partial charge in [-0.1, -0.05) is 17.8 Å². The summed E-state index contributed by atoms with van der Waals surface area (Å²) in [6.45, 7) is 4.85. The van der Waals surface area contributed by atoms with E-state index in [-0.39, 0.29) is 5.82 Å². The predicted octanol–water partition coefficient (Wildman–Crippen LogP) is 4.52. The van der Waals surface area contributed by atoms with Crippen molar-refractivity contribution in [1.82, 2.24) is 24.3 Å². The van der Waals surface area contributed by atoms with Gasteiger partial charge in [0.2, 0.25) is 5.13 Å². The van der Waals surface area contributed by atoms with E-state index in [9.17, 15) is 10.2 Å². The molecule has 0 saturated heterocycles. The Labute approximate surface area is 199 Å². The summed E-state index contributed by atoms with van der Waals surface area (Å²) in [6, 6.07) is 11.2. The van der Waals surface area contributed by atoms with Crippen LogP contribution in [0.25, 0.3) is 0 Å². The highest BCUT2D eigenvalue weighted by molar-refractivity contribution is 7.99. The lowest BCUT2D eigenvalue weighted by molar-refractivity contribution is -0.0533. The maximum Gasteiger partial charge on any atom is 0.208 e. The third-order valence-corrected chi connectivity index (χ3v) is 6.00. The molecule has 1 atom stereocenters. The van der Waals surface area contributed by atoms with Crippen LogP contribution in [0.3, 0.4) is 0 Å². The highest BCUT2D eigenvalue weighted by Gasteiger charge is 2.30. The van der Waals surface area contributed by atoms with Crippen LogP contribution >= 0.6 is 23.3 Å². The number of aliphatic hydroxyl groups is 2. The number of aryl methyl sites for hydroxylation is 1. The van der Waals surface area contributed by atoms with E-state index in [1.807, 2.05) is 37.3 Å². The fraction of sp³-hybridized carbons (Fsp3) is 0.227. The van der Waals surface area contributed by atoms with Crippen LogP contribution in [0.1, 0.15) is 31.5 Å². The lowest BCUT2D eigenvalue weighted by Crippen LogP contribution is -2.29. The van der Waals surface area contributed by atoms with Gasteiger partial charge in [-0.2, -0.15) is 4.37 Å². The van der Waals surface area contributed by atoms with E-state index in [1.54, 1.807) is 24.7 Å². The fourth-order valence-corrected chi connectivity index (χ4v) is 4.06. The van der Waals surface area contributed by atoms with Crippen molar-refractivity contribution in [2.24, 2.45) is 0 Å². The highest BCUT2D eigenvalue weighted by atomic mass is 32.2. The number of aromatic nitrogens is 5. The van der Waals surface area contributed by atoms with Crippen LogP contribution in [0.15, 0.2) is 64.9 Å². The van der Waals surface area contributed by atoms with Crippen LogP contribution in [-0.2, 0) is 0 Å². The van der Waals surface area contributed by atoms with Gasteiger partial charge in [0.15, 0.2) is 17.4 Å². The van der Waals surface area contributed by atoms with Crippen LogP contribution in [0.2, 0.25) is 0 Å². The lowest BCUT2D eigenvalue weighted by atomic mass is 10.0. The minimum Gasteiger partial charge on any atom is -0.452 e. The molecule has 0 aliphatic heterocycles. The molecule has 0 aliphatic carbocycles. The molecule has 11 heteroatoms. The van der Waals surface area contributed by atoms with Crippen molar-refractivity contribution in [3.05, 3.63) is 66.5 Å². The number of ether oxygens (including phenoxy) is 1. The van der Waals surface area contributed by atoms with Gasteiger partial charge in [0, 0.05) is 41.1 Å². The Morgan fingerprint density at radius 1 is 1.09 bits per heavy atom. The number of hydrogen-bond acceptors (Lipinski definition) is 11. The van der Waals surface area contributed by atoms with Crippen LogP contribution in [0.4, 0.5) is 10.9 Å². The molecule has 0 spiro atoms. The number of nitrogens with one attached hydrogen (secondary N) is 1. The zero-order valence-corrected chi connectivity index (χ0v) is 19.8. The van der Waals surface area contributed by atoms with E-state index in [2.05, 4.69) is 29.6 Å². The van der Waals surface area contributed by atoms with E-state index in [0.717, 1.165) is 27.1 Å². The number of rotatable bonds is 8. The highest BCUT2D eigenvalue weighted by Crippen LogP contribution is 2.36. The fourth-order valence-electron chi connectivity index (χ4n) is 2.69. The van der Waals surface area contributed by atoms with Gasteiger partial charge < -0.3 is 20.3 Å². The number of anilines is 2. The summed E-state index contributed by atoms with van der Waals surface area (Å²) in [5, 5.41) is 24.6. The molecular formula is C22H22N6O3S2. The molecule has 3 N–H and O–H groups in total. The Morgan fingerprint density at radius 3 is 2.64 bits per heavy atom. The molecule has 33 heavy (non-hydrogen) atoms.